The Morgan fingerprint density at radius 3 is 2.39 bits per heavy atom. The molecule has 0 amide bonds. The first-order chi connectivity index (χ1) is 17.0. The van der Waals surface area contributed by atoms with E-state index in [-0.39, 0.29) is 34.3 Å². The van der Waals surface area contributed by atoms with Crippen molar-refractivity contribution >= 4 is 17.5 Å². The first kappa shape index (κ1) is 25.6. The predicted octanol–water partition coefficient (Wildman–Crippen LogP) is 5.93. The Kier molecular flexibility index (Phi) is 6.46. The monoisotopic (exact) mass is 494 g/mol. The molecule has 3 saturated carbocycles. The van der Waals surface area contributed by atoms with Crippen molar-refractivity contribution in [2.75, 3.05) is 7.11 Å². The molecule has 5 aliphatic carbocycles. The molecule has 0 N–H and O–H groups in total. The van der Waals surface area contributed by atoms with Crippen molar-refractivity contribution in [1.82, 2.24) is 0 Å². The van der Waals surface area contributed by atoms with Gasteiger partial charge in [-0.3, -0.25) is 14.4 Å². The first-order valence-electron chi connectivity index (χ1n) is 13.9. The number of ether oxygens (including phenoxy) is 2. The van der Waals surface area contributed by atoms with Crippen LogP contribution < -0.4 is 0 Å². The second kappa shape index (κ2) is 9.08. The number of Topliss-reactive ketones (excluding diaryl/α,β-unsaturated/α-hetero) is 1. The van der Waals surface area contributed by atoms with E-state index in [1.165, 1.54) is 5.57 Å². The van der Waals surface area contributed by atoms with Crippen LogP contribution in [0.25, 0.3) is 0 Å². The van der Waals surface area contributed by atoms with Gasteiger partial charge >= 0.3 is 5.97 Å². The highest BCUT2D eigenvalue weighted by Crippen LogP contribution is 2.67. The second-order valence-corrected chi connectivity index (χ2v) is 12.7. The molecular formula is C31H42O5. The van der Waals surface area contributed by atoms with Crippen LogP contribution in [0.4, 0.5) is 0 Å². The normalized spacial score (nSPS) is 43.6. The molecule has 0 radical (unpaired) electrons. The van der Waals surface area contributed by atoms with Gasteiger partial charge in [0.2, 0.25) is 0 Å². The van der Waals surface area contributed by atoms with Crippen LogP contribution in [0.15, 0.2) is 35.5 Å². The summed E-state index contributed by atoms with van der Waals surface area (Å²) < 4.78 is 11.8. The van der Waals surface area contributed by atoms with E-state index in [0.717, 1.165) is 50.5 Å². The number of ketones is 2. The summed E-state index contributed by atoms with van der Waals surface area (Å²) >= 11 is 0. The van der Waals surface area contributed by atoms with Gasteiger partial charge in [0.25, 0.3) is 0 Å². The minimum absolute atomic E-state index is 0.00569. The lowest BCUT2D eigenvalue weighted by atomic mass is 9.48. The van der Waals surface area contributed by atoms with Crippen LogP contribution in [-0.4, -0.2) is 36.4 Å². The summed E-state index contributed by atoms with van der Waals surface area (Å²) in [5.41, 5.74) is 0.722. The number of carbonyl (C=O) groups is 3. The summed E-state index contributed by atoms with van der Waals surface area (Å²) in [7, 11) is 1.76. The second-order valence-electron chi connectivity index (χ2n) is 12.7. The van der Waals surface area contributed by atoms with Crippen molar-refractivity contribution in [1.29, 1.82) is 0 Å². The summed E-state index contributed by atoms with van der Waals surface area (Å²) in [5.74, 6) is 1.10. The van der Waals surface area contributed by atoms with Crippen LogP contribution in [0.3, 0.4) is 0 Å². The van der Waals surface area contributed by atoms with Crippen molar-refractivity contribution < 1.29 is 23.9 Å². The molecule has 5 aliphatic rings. The minimum atomic E-state index is -1.04. The summed E-state index contributed by atoms with van der Waals surface area (Å²) in [5, 5.41) is 0. The maximum atomic E-state index is 13.3. The van der Waals surface area contributed by atoms with Gasteiger partial charge in [0, 0.05) is 24.4 Å². The van der Waals surface area contributed by atoms with Gasteiger partial charge in [-0.05, 0) is 107 Å². The number of hydrogen-bond acceptors (Lipinski definition) is 5. The molecule has 6 atom stereocenters. The van der Waals surface area contributed by atoms with Crippen LogP contribution in [0, 0.1) is 34.5 Å². The number of esters is 1. The third kappa shape index (κ3) is 3.79. The molecule has 0 spiro atoms. The van der Waals surface area contributed by atoms with E-state index in [4.69, 9.17) is 9.47 Å². The van der Waals surface area contributed by atoms with Crippen LogP contribution in [-0.2, 0) is 23.9 Å². The van der Waals surface area contributed by atoms with Crippen molar-refractivity contribution in [2.24, 2.45) is 34.5 Å². The third-order valence-electron chi connectivity index (χ3n) is 11.0. The summed E-state index contributed by atoms with van der Waals surface area (Å²) in [6.07, 6.45) is 15.9. The van der Waals surface area contributed by atoms with Gasteiger partial charge in [0.05, 0.1) is 6.10 Å². The van der Waals surface area contributed by atoms with Crippen LogP contribution in [0.5, 0.6) is 0 Å². The van der Waals surface area contributed by atoms with Gasteiger partial charge in [-0.15, -0.1) is 0 Å². The highest BCUT2D eigenvalue weighted by Gasteiger charge is 2.67. The molecule has 0 aromatic heterocycles. The van der Waals surface area contributed by atoms with Crippen molar-refractivity contribution in [3.8, 4) is 0 Å². The molecular weight excluding hydrogens is 452 g/mol. The number of fused-ring (bicyclic) bond motifs is 5. The minimum Gasteiger partial charge on any atom is -0.450 e. The zero-order valence-corrected chi connectivity index (χ0v) is 22.6. The van der Waals surface area contributed by atoms with E-state index in [9.17, 15) is 14.4 Å². The number of methoxy groups -OCH3 is 1. The van der Waals surface area contributed by atoms with E-state index in [2.05, 4.69) is 32.9 Å². The molecule has 5 heteroatoms. The molecule has 3 fully saturated rings. The Morgan fingerprint density at radius 2 is 1.72 bits per heavy atom. The zero-order chi connectivity index (χ0) is 25.9. The van der Waals surface area contributed by atoms with Crippen molar-refractivity contribution in [3.63, 3.8) is 0 Å². The lowest BCUT2D eigenvalue weighted by molar-refractivity contribution is -0.187. The molecule has 0 aliphatic heterocycles. The standard InChI is InChI=1S/C31H42O5/c1-19-16-24-25(29(3)13-10-22(33)18-27(19)29)11-14-30(4)26(24)12-15-31(30,20(2)32)36-28(34)17-21-6-8-23(35-5)9-7-21/h10,13,16,18,21,23-26H,6-9,11-12,14-15,17H2,1-5H3/t21?,23?,24?,25?,26?,29-,30+,31+/m1/s1. The first-order valence-corrected chi connectivity index (χ1v) is 13.9. The van der Waals surface area contributed by atoms with Gasteiger partial charge in [-0.1, -0.05) is 31.6 Å². The van der Waals surface area contributed by atoms with E-state index < -0.39 is 5.60 Å². The Hall–Kier alpha value is -2.01. The quantitative estimate of drug-likeness (QED) is 0.443. The highest BCUT2D eigenvalue weighted by atomic mass is 16.6. The maximum absolute atomic E-state index is 13.3. The summed E-state index contributed by atoms with van der Waals surface area (Å²) in [6.45, 7) is 8.21. The number of hydrogen-bond donors (Lipinski definition) is 0. The molecule has 0 saturated heterocycles. The zero-order valence-electron chi connectivity index (χ0n) is 22.6. The van der Waals surface area contributed by atoms with Crippen molar-refractivity contribution in [2.45, 2.75) is 97.2 Å². The van der Waals surface area contributed by atoms with Gasteiger partial charge < -0.3 is 9.47 Å². The van der Waals surface area contributed by atoms with Crippen LogP contribution >= 0.6 is 0 Å². The van der Waals surface area contributed by atoms with E-state index in [1.54, 1.807) is 20.1 Å². The number of rotatable bonds is 5. The Balaban J connectivity index is 1.39. The number of allylic oxidation sites excluding steroid dienone is 6. The van der Waals surface area contributed by atoms with Gasteiger partial charge in [0.15, 0.2) is 17.2 Å². The fourth-order valence-electron chi connectivity index (χ4n) is 8.92. The van der Waals surface area contributed by atoms with Gasteiger partial charge in [0.1, 0.15) is 0 Å². The molecule has 0 aromatic rings. The van der Waals surface area contributed by atoms with E-state index >= 15 is 0 Å². The molecule has 3 unspecified atom stereocenters. The van der Waals surface area contributed by atoms with E-state index in [1.807, 2.05) is 6.08 Å². The SMILES string of the molecule is COC1CCC(CC(=O)O[C@]2(C(C)=O)CCC3C4C=C(C)C5=CC(=O)C=C[C@]5(C)C4CC[C@@]32C)CC1. The lowest BCUT2D eigenvalue weighted by Crippen LogP contribution is -2.58. The Morgan fingerprint density at radius 1 is 1.03 bits per heavy atom. The largest absolute Gasteiger partial charge is 0.450 e. The smallest absolute Gasteiger partial charge is 0.307 e. The molecule has 0 aromatic carbocycles. The lowest BCUT2D eigenvalue weighted by Gasteiger charge is -2.57. The third-order valence-corrected chi connectivity index (χ3v) is 11.0. The highest BCUT2D eigenvalue weighted by molar-refractivity contribution is 6.02. The summed E-state index contributed by atoms with van der Waals surface area (Å²) in [6, 6.07) is 0. The summed E-state index contributed by atoms with van der Waals surface area (Å²) in [4.78, 5) is 38.8. The Bertz CT molecular complexity index is 1040. The molecule has 196 valence electrons. The number of carbonyl (C=O) groups excluding carboxylic acids is 3. The van der Waals surface area contributed by atoms with Crippen LogP contribution in [0.1, 0.15) is 85.5 Å². The fourth-order valence-corrected chi connectivity index (χ4v) is 8.92. The van der Waals surface area contributed by atoms with Gasteiger partial charge in [-0.25, -0.2) is 0 Å². The molecule has 0 heterocycles. The molecule has 0 bridgehead atoms. The average molecular weight is 495 g/mol. The molecule has 36 heavy (non-hydrogen) atoms. The predicted molar refractivity (Wildman–Crippen MR) is 138 cm³/mol. The topological polar surface area (TPSA) is 69.7 Å². The molecule has 5 rings (SSSR count). The van der Waals surface area contributed by atoms with E-state index in [0.29, 0.717) is 36.7 Å². The fraction of sp³-hybridized carbons (Fsp3) is 0.710. The van der Waals surface area contributed by atoms with Gasteiger partial charge in [-0.2, -0.15) is 0 Å². The Labute approximate surface area is 215 Å². The maximum Gasteiger partial charge on any atom is 0.307 e. The van der Waals surface area contributed by atoms with Crippen molar-refractivity contribution in [3.05, 3.63) is 35.5 Å². The average Bonchev–Trinajstić information content (AvgIpc) is 3.14. The van der Waals surface area contributed by atoms with Crippen LogP contribution in [0.2, 0.25) is 0 Å². The molecule has 5 nitrogen and oxygen atoms in total.